The second-order valence-corrected chi connectivity index (χ2v) is 12.9. The highest BCUT2D eigenvalue weighted by Crippen LogP contribution is 2.45. The van der Waals surface area contributed by atoms with Crippen molar-refractivity contribution in [2.75, 3.05) is 25.2 Å². The van der Waals surface area contributed by atoms with Gasteiger partial charge in [-0.05, 0) is 66.8 Å². The van der Waals surface area contributed by atoms with Gasteiger partial charge in [0.25, 0.3) is 5.78 Å². The molecule has 0 spiro atoms. The van der Waals surface area contributed by atoms with Crippen LogP contribution in [0.25, 0.3) is 5.76 Å². The third-order valence-corrected chi connectivity index (χ3v) is 9.28. The summed E-state index contributed by atoms with van der Waals surface area (Å²) >= 11 is 2.71. The van der Waals surface area contributed by atoms with Gasteiger partial charge in [-0.2, -0.15) is 0 Å². The number of ketones is 1. The van der Waals surface area contributed by atoms with Crippen LogP contribution in [0.4, 0.5) is 5.13 Å². The van der Waals surface area contributed by atoms with E-state index in [1.165, 1.54) is 28.0 Å². The summed E-state index contributed by atoms with van der Waals surface area (Å²) in [5, 5.41) is 20.4. The number of carbonyl (C=O) groups excluding carboxylic acids is 2. The number of rotatable bonds is 13. The Morgan fingerprint density at radius 3 is 2.44 bits per heavy atom. The lowest BCUT2D eigenvalue weighted by Crippen LogP contribution is -2.29. The number of anilines is 1. The van der Waals surface area contributed by atoms with Crippen LogP contribution in [0.2, 0.25) is 0 Å². The molecule has 1 aromatic heterocycles. The van der Waals surface area contributed by atoms with Crippen LogP contribution in [-0.2, 0) is 15.3 Å². The van der Waals surface area contributed by atoms with Gasteiger partial charge in [0.2, 0.25) is 5.13 Å². The fourth-order valence-corrected chi connectivity index (χ4v) is 6.64. The van der Waals surface area contributed by atoms with Gasteiger partial charge >= 0.3 is 5.91 Å². The van der Waals surface area contributed by atoms with E-state index >= 15 is 0 Å². The van der Waals surface area contributed by atoms with Gasteiger partial charge in [-0.15, -0.1) is 10.2 Å². The number of amides is 1. The number of thioether (sulfide) groups is 1. The molecule has 1 saturated heterocycles. The van der Waals surface area contributed by atoms with Crippen molar-refractivity contribution in [2.24, 2.45) is 5.92 Å². The predicted molar refractivity (Wildman–Crippen MR) is 176 cm³/mol. The van der Waals surface area contributed by atoms with Crippen LogP contribution in [0, 0.1) is 5.92 Å². The SMILES string of the molecule is CCOc1cc(C2C(=C(O)c3ccc(OC)cc3)C(=O)C(=O)N2c2nnc(SCc3ccccc3)s2)ccc1OCCC(C)C. The van der Waals surface area contributed by atoms with Gasteiger partial charge in [-0.1, -0.05) is 73.3 Å². The Morgan fingerprint density at radius 2 is 1.76 bits per heavy atom. The van der Waals surface area contributed by atoms with Crippen molar-refractivity contribution in [1.82, 2.24) is 10.2 Å². The lowest BCUT2D eigenvalue weighted by molar-refractivity contribution is -0.132. The third-order valence-electron chi connectivity index (χ3n) is 7.15. The number of Topliss-reactive ketones (excluding diaryl/α,β-unsaturated/α-hetero) is 1. The molecule has 5 rings (SSSR count). The lowest BCUT2D eigenvalue weighted by atomic mass is 9.95. The quantitative estimate of drug-likeness (QED) is 0.0527. The summed E-state index contributed by atoms with van der Waals surface area (Å²) in [6.45, 7) is 7.02. The summed E-state index contributed by atoms with van der Waals surface area (Å²) in [7, 11) is 1.54. The molecule has 1 N–H and O–H groups in total. The fourth-order valence-electron chi connectivity index (χ4n) is 4.81. The van der Waals surface area contributed by atoms with Gasteiger partial charge in [-0.3, -0.25) is 14.5 Å². The third kappa shape index (κ3) is 7.32. The van der Waals surface area contributed by atoms with E-state index in [-0.39, 0.29) is 16.5 Å². The van der Waals surface area contributed by atoms with Crippen LogP contribution in [0.15, 0.2) is 82.7 Å². The minimum atomic E-state index is -0.990. The van der Waals surface area contributed by atoms with Gasteiger partial charge in [0.1, 0.15) is 11.5 Å². The van der Waals surface area contributed by atoms with Crippen LogP contribution in [0.1, 0.15) is 49.9 Å². The normalized spacial score (nSPS) is 15.9. The zero-order chi connectivity index (χ0) is 31.9. The maximum absolute atomic E-state index is 13.7. The van der Waals surface area contributed by atoms with Gasteiger partial charge in [-0.25, -0.2) is 0 Å². The van der Waals surface area contributed by atoms with Crippen LogP contribution >= 0.6 is 23.1 Å². The molecule has 1 fully saturated rings. The number of methoxy groups -OCH3 is 1. The zero-order valence-electron chi connectivity index (χ0n) is 25.6. The summed E-state index contributed by atoms with van der Waals surface area (Å²) in [4.78, 5) is 28.7. The van der Waals surface area contributed by atoms with Crippen molar-refractivity contribution >= 4 is 45.7 Å². The van der Waals surface area contributed by atoms with E-state index in [1.807, 2.05) is 37.3 Å². The summed E-state index contributed by atoms with van der Waals surface area (Å²) in [5.74, 6) is 0.840. The number of aliphatic hydroxyl groups excluding tert-OH is 1. The smallest absolute Gasteiger partial charge is 0.301 e. The Bertz CT molecular complexity index is 1670. The highest BCUT2D eigenvalue weighted by molar-refractivity contribution is 8.00. The first-order valence-corrected chi connectivity index (χ1v) is 16.5. The topological polar surface area (TPSA) is 111 Å². The van der Waals surface area contributed by atoms with Gasteiger partial charge in [0.05, 0.1) is 31.9 Å². The van der Waals surface area contributed by atoms with Crippen LogP contribution < -0.4 is 19.1 Å². The van der Waals surface area contributed by atoms with Crippen molar-refractivity contribution in [3.8, 4) is 17.2 Å². The Labute approximate surface area is 270 Å². The molecule has 1 aliphatic rings. The lowest BCUT2D eigenvalue weighted by Gasteiger charge is -2.24. The second-order valence-electron chi connectivity index (χ2n) is 10.7. The molecule has 11 heteroatoms. The first-order chi connectivity index (χ1) is 21.8. The van der Waals surface area contributed by atoms with E-state index in [4.69, 9.17) is 14.2 Å². The number of carbonyl (C=O) groups is 2. The van der Waals surface area contributed by atoms with Gasteiger partial charge in [0.15, 0.2) is 15.8 Å². The molecule has 0 saturated carbocycles. The van der Waals surface area contributed by atoms with Gasteiger partial charge < -0.3 is 19.3 Å². The molecule has 3 aromatic carbocycles. The minimum Gasteiger partial charge on any atom is -0.507 e. The maximum atomic E-state index is 13.7. The van der Waals surface area contributed by atoms with Crippen molar-refractivity contribution in [2.45, 2.75) is 43.3 Å². The summed E-state index contributed by atoms with van der Waals surface area (Å²) in [5.41, 5.74) is 1.99. The van der Waals surface area contributed by atoms with Gasteiger partial charge in [0, 0.05) is 11.3 Å². The number of ether oxygens (including phenoxy) is 3. The monoisotopic (exact) mass is 645 g/mol. The highest BCUT2D eigenvalue weighted by Gasteiger charge is 2.48. The molecule has 0 bridgehead atoms. The van der Waals surface area contributed by atoms with E-state index in [2.05, 4.69) is 24.0 Å². The molecule has 1 aliphatic heterocycles. The number of aliphatic hydroxyl groups is 1. The minimum absolute atomic E-state index is 0.0604. The molecule has 1 unspecified atom stereocenters. The van der Waals surface area contributed by atoms with Crippen molar-refractivity contribution in [3.05, 3.63) is 95.1 Å². The van der Waals surface area contributed by atoms with E-state index in [1.54, 1.807) is 49.6 Å². The van der Waals surface area contributed by atoms with E-state index in [9.17, 15) is 14.7 Å². The first kappa shape index (κ1) is 32.1. The Balaban J connectivity index is 1.56. The molecule has 1 amide bonds. The van der Waals surface area contributed by atoms with Crippen molar-refractivity contribution in [3.63, 3.8) is 0 Å². The number of aromatic nitrogens is 2. The van der Waals surface area contributed by atoms with Crippen molar-refractivity contribution in [1.29, 1.82) is 0 Å². The van der Waals surface area contributed by atoms with E-state index in [0.717, 1.165) is 12.0 Å². The zero-order valence-corrected chi connectivity index (χ0v) is 27.2. The molecule has 9 nitrogen and oxygen atoms in total. The number of hydrogen-bond donors (Lipinski definition) is 1. The molecule has 0 radical (unpaired) electrons. The van der Waals surface area contributed by atoms with Crippen LogP contribution in [-0.4, -0.2) is 47.3 Å². The maximum Gasteiger partial charge on any atom is 0.301 e. The molecule has 1 atom stereocenters. The highest BCUT2D eigenvalue weighted by atomic mass is 32.2. The van der Waals surface area contributed by atoms with Crippen LogP contribution in [0.3, 0.4) is 0 Å². The number of hydrogen-bond acceptors (Lipinski definition) is 10. The summed E-state index contributed by atoms with van der Waals surface area (Å²) < 4.78 is 17.9. The molecular weight excluding hydrogens is 611 g/mol. The summed E-state index contributed by atoms with van der Waals surface area (Å²) in [6, 6.07) is 20.9. The van der Waals surface area contributed by atoms with Crippen LogP contribution in [0.5, 0.6) is 17.2 Å². The largest absolute Gasteiger partial charge is 0.507 e. The average molecular weight is 646 g/mol. The fraction of sp³-hybridized carbons (Fsp3) is 0.294. The Morgan fingerprint density at radius 1 is 1.00 bits per heavy atom. The van der Waals surface area contributed by atoms with Crippen molar-refractivity contribution < 1.29 is 28.9 Å². The molecule has 2 heterocycles. The predicted octanol–water partition coefficient (Wildman–Crippen LogP) is 7.29. The average Bonchev–Trinajstić information content (AvgIpc) is 3.62. The molecular formula is C34H35N3O6S2. The number of benzene rings is 3. The molecule has 4 aromatic rings. The molecule has 45 heavy (non-hydrogen) atoms. The second kappa shape index (κ2) is 14.6. The summed E-state index contributed by atoms with van der Waals surface area (Å²) in [6.07, 6.45) is 0.872. The standard InChI is InChI=1S/C34H35N3O6S2/c1-5-42-27-19-24(13-16-26(27)43-18-17-21(2)3)29-28(30(38)23-11-14-25(41-4)15-12-23)31(39)32(40)37(29)33-35-36-34(45-33)44-20-22-9-7-6-8-10-22/h6-16,19,21,29,38H,5,17-18,20H2,1-4H3. The van der Waals surface area contributed by atoms with E-state index in [0.29, 0.717) is 57.6 Å². The molecule has 0 aliphatic carbocycles. The Kier molecular flexibility index (Phi) is 10.4. The number of nitrogens with zero attached hydrogens (tertiary/aromatic N) is 3. The first-order valence-electron chi connectivity index (χ1n) is 14.7. The molecule has 234 valence electrons. The Hall–Kier alpha value is -4.35. The van der Waals surface area contributed by atoms with E-state index < -0.39 is 17.7 Å².